The Bertz CT molecular complexity index is 521. The lowest BCUT2D eigenvalue weighted by Crippen LogP contribution is -2.47. The number of para-hydroxylation sites is 1. The molecule has 0 radical (unpaired) electrons. The van der Waals surface area contributed by atoms with E-state index in [1.165, 1.54) is 4.31 Å². The topological polar surface area (TPSA) is 72.6 Å². The monoisotopic (exact) mass is 290 g/mol. The Morgan fingerprint density at radius 3 is 2.78 bits per heavy atom. The fourth-order valence-electron chi connectivity index (χ4n) is 1.95. The number of hydrogen-bond donors (Lipinski definition) is 1. The molecule has 18 heavy (non-hydrogen) atoms. The number of nitrogens with two attached hydrogens (primary N) is 1. The Hall–Kier alpha value is -0.820. The number of hydrogen-bond acceptors (Lipinski definition) is 3. The number of piperidine rings is 1. The van der Waals surface area contributed by atoms with Crippen molar-refractivity contribution >= 4 is 21.8 Å². The maximum Gasteiger partial charge on any atom is 0.277 e. The Morgan fingerprint density at radius 1 is 1.39 bits per heavy atom. The van der Waals surface area contributed by atoms with E-state index in [-0.39, 0.29) is 12.6 Å². The van der Waals surface area contributed by atoms with Crippen molar-refractivity contribution in [3.63, 3.8) is 0 Å². The quantitative estimate of drug-likeness (QED) is 0.914. The van der Waals surface area contributed by atoms with E-state index in [0.717, 1.165) is 12.8 Å². The van der Waals surface area contributed by atoms with Gasteiger partial charge in [-0.3, -0.25) is 0 Å². The molecular formula is C11H15ClN2O3S. The van der Waals surface area contributed by atoms with Crippen LogP contribution in [0.1, 0.15) is 12.8 Å². The minimum absolute atomic E-state index is 0.211. The molecule has 1 saturated heterocycles. The van der Waals surface area contributed by atoms with Crippen LogP contribution in [-0.4, -0.2) is 31.9 Å². The van der Waals surface area contributed by atoms with Gasteiger partial charge in [-0.1, -0.05) is 23.7 Å². The van der Waals surface area contributed by atoms with Gasteiger partial charge >= 0.3 is 0 Å². The summed E-state index contributed by atoms with van der Waals surface area (Å²) in [7, 11) is -3.64. The lowest BCUT2D eigenvalue weighted by molar-refractivity contribution is 0.130. The minimum Gasteiger partial charge on any atom is -0.487 e. The first kappa shape index (κ1) is 13.6. The number of ether oxygens (including phenoxy) is 1. The van der Waals surface area contributed by atoms with Gasteiger partial charge in [0.2, 0.25) is 0 Å². The van der Waals surface area contributed by atoms with E-state index in [4.69, 9.17) is 21.5 Å². The zero-order valence-electron chi connectivity index (χ0n) is 9.75. The number of benzene rings is 1. The van der Waals surface area contributed by atoms with Crippen LogP contribution in [0.3, 0.4) is 0 Å². The third-order valence-corrected chi connectivity index (χ3v) is 4.19. The van der Waals surface area contributed by atoms with Crippen LogP contribution in [0.25, 0.3) is 0 Å². The number of halogens is 1. The molecule has 1 aromatic carbocycles. The summed E-state index contributed by atoms with van der Waals surface area (Å²) in [6.45, 7) is 0.714. The van der Waals surface area contributed by atoms with Gasteiger partial charge in [-0.05, 0) is 25.0 Å². The summed E-state index contributed by atoms with van der Waals surface area (Å²) in [5.41, 5.74) is 0. The molecule has 1 heterocycles. The molecule has 1 aromatic rings. The highest BCUT2D eigenvalue weighted by Crippen LogP contribution is 2.26. The predicted octanol–water partition coefficient (Wildman–Crippen LogP) is 1.39. The van der Waals surface area contributed by atoms with Crippen molar-refractivity contribution in [3.8, 4) is 5.75 Å². The van der Waals surface area contributed by atoms with Gasteiger partial charge in [-0.25, -0.2) is 5.14 Å². The highest BCUT2D eigenvalue weighted by atomic mass is 35.5. The fourth-order valence-corrected chi connectivity index (χ4v) is 2.89. The van der Waals surface area contributed by atoms with Crippen molar-refractivity contribution < 1.29 is 13.2 Å². The highest BCUT2D eigenvalue weighted by Gasteiger charge is 2.27. The van der Waals surface area contributed by atoms with Gasteiger partial charge in [-0.15, -0.1) is 0 Å². The summed E-state index contributed by atoms with van der Waals surface area (Å²) in [5.74, 6) is 0.570. The molecule has 0 saturated carbocycles. The second kappa shape index (κ2) is 5.44. The van der Waals surface area contributed by atoms with E-state index in [2.05, 4.69) is 0 Å². The normalized spacial score (nSPS) is 21.8. The first-order valence-corrected chi connectivity index (χ1v) is 7.54. The molecule has 7 heteroatoms. The van der Waals surface area contributed by atoms with E-state index >= 15 is 0 Å². The van der Waals surface area contributed by atoms with E-state index in [1.54, 1.807) is 12.1 Å². The Labute approximate surface area is 112 Å². The van der Waals surface area contributed by atoms with E-state index in [9.17, 15) is 8.42 Å². The van der Waals surface area contributed by atoms with Gasteiger partial charge in [-0.2, -0.15) is 12.7 Å². The smallest absolute Gasteiger partial charge is 0.277 e. The van der Waals surface area contributed by atoms with Crippen molar-refractivity contribution in [1.82, 2.24) is 4.31 Å². The second-order valence-electron chi connectivity index (χ2n) is 4.22. The molecule has 0 aromatic heterocycles. The van der Waals surface area contributed by atoms with Crippen LogP contribution < -0.4 is 9.88 Å². The molecule has 1 fully saturated rings. The van der Waals surface area contributed by atoms with Crippen LogP contribution in [0.2, 0.25) is 5.02 Å². The Kier molecular flexibility index (Phi) is 4.11. The predicted molar refractivity (Wildman–Crippen MR) is 69.8 cm³/mol. The first-order chi connectivity index (χ1) is 8.47. The molecule has 0 unspecified atom stereocenters. The van der Waals surface area contributed by atoms with Gasteiger partial charge in [0.15, 0.2) is 0 Å². The van der Waals surface area contributed by atoms with Crippen LogP contribution >= 0.6 is 11.6 Å². The van der Waals surface area contributed by atoms with Crippen LogP contribution in [0, 0.1) is 0 Å². The Balaban J connectivity index is 2.05. The molecule has 5 nitrogen and oxygen atoms in total. The highest BCUT2D eigenvalue weighted by molar-refractivity contribution is 7.86. The van der Waals surface area contributed by atoms with Crippen molar-refractivity contribution in [1.29, 1.82) is 0 Å². The van der Waals surface area contributed by atoms with Gasteiger partial charge in [0.1, 0.15) is 11.9 Å². The zero-order chi connectivity index (χ0) is 13.2. The van der Waals surface area contributed by atoms with Crippen molar-refractivity contribution in [2.45, 2.75) is 18.9 Å². The minimum atomic E-state index is -3.64. The van der Waals surface area contributed by atoms with Crippen molar-refractivity contribution in [3.05, 3.63) is 29.3 Å². The summed E-state index contributed by atoms with van der Waals surface area (Å²) in [6, 6.07) is 7.13. The third-order valence-electron chi connectivity index (χ3n) is 2.83. The molecule has 0 spiro atoms. The lowest BCUT2D eigenvalue weighted by Gasteiger charge is -2.30. The maximum atomic E-state index is 11.3. The SMILES string of the molecule is NS(=O)(=O)N1CCC[C@H](Oc2ccccc2Cl)C1. The summed E-state index contributed by atoms with van der Waals surface area (Å²) in [6.07, 6.45) is 1.31. The third kappa shape index (κ3) is 3.35. The van der Waals surface area contributed by atoms with Gasteiger partial charge in [0.05, 0.1) is 11.6 Å². The van der Waals surface area contributed by atoms with Crippen LogP contribution in [0.15, 0.2) is 24.3 Å². The molecule has 1 aliphatic rings. The summed E-state index contributed by atoms with van der Waals surface area (Å²) >= 11 is 5.99. The molecule has 0 amide bonds. The summed E-state index contributed by atoms with van der Waals surface area (Å²) in [4.78, 5) is 0. The summed E-state index contributed by atoms with van der Waals surface area (Å²) in [5, 5.41) is 5.63. The molecule has 2 N–H and O–H groups in total. The van der Waals surface area contributed by atoms with Crippen LogP contribution in [-0.2, 0) is 10.2 Å². The van der Waals surface area contributed by atoms with E-state index in [0.29, 0.717) is 17.3 Å². The maximum absolute atomic E-state index is 11.3. The van der Waals surface area contributed by atoms with E-state index in [1.807, 2.05) is 12.1 Å². The van der Waals surface area contributed by atoms with Crippen molar-refractivity contribution in [2.75, 3.05) is 13.1 Å². The van der Waals surface area contributed by atoms with E-state index < -0.39 is 10.2 Å². The molecule has 1 aliphatic heterocycles. The molecule has 2 rings (SSSR count). The lowest BCUT2D eigenvalue weighted by atomic mass is 10.1. The second-order valence-corrected chi connectivity index (χ2v) is 6.17. The summed E-state index contributed by atoms with van der Waals surface area (Å²) < 4.78 is 29.5. The van der Waals surface area contributed by atoms with Gasteiger partial charge in [0, 0.05) is 6.54 Å². The molecule has 0 bridgehead atoms. The molecular weight excluding hydrogens is 276 g/mol. The number of nitrogens with zero attached hydrogens (tertiary/aromatic N) is 1. The molecule has 100 valence electrons. The molecule has 0 aliphatic carbocycles. The Morgan fingerprint density at radius 2 is 2.11 bits per heavy atom. The first-order valence-electron chi connectivity index (χ1n) is 5.66. The van der Waals surface area contributed by atoms with Gasteiger partial charge in [0.25, 0.3) is 10.2 Å². The zero-order valence-corrected chi connectivity index (χ0v) is 11.3. The average Bonchev–Trinajstić information content (AvgIpc) is 2.31. The average molecular weight is 291 g/mol. The standard InChI is InChI=1S/C11H15ClN2O3S/c12-10-5-1-2-6-11(10)17-9-4-3-7-14(8-9)18(13,15)16/h1-2,5-6,9H,3-4,7-8H2,(H2,13,15,16)/t9-/m0/s1. The number of rotatable bonds is 3. The van der Waals surface area contributed by atoms with Gasteiger partial charge < -0.3 is 4.74 Å². The largest absolute Gasteiger partial charge is 0.487 e. The molecule has 1 atom stereocenters. The fraction of sp³-hybridized carbons (Fsp3) is 0.455. The van der Waals surface area contributed by atoms with Crippen LogP contribution in [0.5, 0.6) is 5.75 Å². The van der Waals surface area contributed by atoms with Crippen molar-refractivity contribution in [2.24, 2.45) is 5.14 Å². The van der Waals surface area contributed by atoms with Crippen LogP contribution in [0.4, 0.5) is 0 Å².